The van der Waals surface area contributed by atoms with E-state index in [-0.39, 0.29) is 11.7 Å². The van der Waals surface area contributed by atoms with Crippen LogP contribution >= 0.6 is 0 Å². The van der Waals surface area contributed by atoms with E-state index in [1.54, 1.807) is 18.3 Å². The molecule has 1 aromatic carbocycles. The molecular formula is C18H24O2. The molecule has 0 aromatic heterocycles. The monoisotopic (exact) mass is 272 g/mol. The number of fused-ring (bicyclic) bond motifs is 1. The number of hydrogen-bond acceptors (Lipinski definition) is 2. The third-order valence-corrected chi connectivity index (χ3v) is 4.95. The van der Waals surface area contributed by atoms with Crippen LogP contribution in [0.25, 0.3) is 0 Å². The molecule has 1 heterocycles. The summed E-state index contributed by atoms with van der Waals surface area (Å²) in [5.74, 6) is 1.51. The van der Waals surface area contributed by atoms with Crippen molar-refractivity contribution in [1.82, 2.24) is 0 Å². The van der Waals surface area contributed by atoms with Crippen LogP contribution in [0.15, 0.2) is 35.4 Å². The maximum atomic E-state index is 6.42. The summed E-state index contributed by atoms with van der Waals surface area (Å²) in [6.07, 6.45) is 3.72. The van der Waals surface area contributed by atoms with E-state index in [0.29, 0.717) is 5.92 Å². The summed E-state index contributed by atoms with van der Waals surface area (Å²) in [7, 11) is 1.70. The lowest BCUT2D eigenvalue weighted by Gasteiger charge is -2.43. The van der Waals surface area contributed by atoms with Crippen molar-refractivity contribution in [2.45, 2.75) is 51.7 Å². The second kappa shape index (κ2) is 4.92. The lowest BCUT2D eigenvalue weighted by molar-refractivity contribution is -0.121. The fraction of sp³-hybridized carbons (Fsp3) is 0.556. The van der Waals surface area contributed by atoms with Crippen molar-refractivity contribution in [1.29, 1.82) is 0 Å². The van der Waals surface area contributed by atoms with E-state index in [1.165, 1.54) is 18.4 Å². The number of methoxy groups -OCH3 is 1. The molecule has 0 spiro atoms. The standard InChI is InChI=1S/C18H24O2/c1-12-5-10-16-15(12)11-17(20-18(16,2)3)13-6-8-14(19-4)9-7-13/h6-9,16-17H,5,10-11H2,1-4H3/t16-,17+/m1/s1. The van der Waals surface area contributed by atoms with E-state index in [0.717, 1.165) is 12.2 Å². The van der Waals surface area contributed by atoms with Gasteiger partial charge in [-0.1, -0.05) is 23.3 Å². The Balaban J connectivity index is 1.89. The van der Waals surface area contributed by atoms with Crippen molar-refractivity contribution >= 4 is 0 Å². The van der Waals surface area contributed by atoms with Crippen LogP contribution in [-0.4, -0.2) is 12.7 Å². The van der Waals surface area contributed by atoms with Gasteiger partial charge in [-0.3, -0.25) is 0 Å². The van der Waals surface area contributed by atoms with Gasteiger partial charge in [0.2, 0.25) is 0 Å². The predicted octanol–water partition coefficient (Wildman–Crippen LogP) is 4.66. The summed E-state index contributed by atoms with van der Waals surface area (Å²) in [5, 5.41) is 0. The van der Waals surface area contributed by atoms with Crippen LogP contribution in [0.5, 0.6) is 5.75 Å². The first kappa shape index (κ1) is 13.7. The Morgan fingerprint density at radius 1 is 1.20 bits per heavy atom. The van der Waals surface area contributed by atoms with Gasteiger partial charge in [0.25, 0.3) is 0 Å². The number of allylic oxidation sites excluding steroid dienone is 1. The fourth-order valence-corrected chi connectivity index (χ4v) is 3.77. The van der Waals surface area contributed by atoms with Gasteiger partial charge in [-0.05, 0) is 57.7 Å². The number of benzene rings is 1. The van der Waals surface area contributed by atoms with E-state index in [9.17, 15) is 0 Å². The van der Waals surface area contributed by atoms with E-state index in [4.69, 9.17) is 9.47 Å². The van der Waals surface area contributed by atoms with E-state index in [1.807, 2.05) is 12.1 Å². The van der Waals surface area contributed by atoms with Crippen LogP contribution in [0.1, 0.15) is 51.7 Å². The highest BCUT2D eigenvalue weighted by Crippen LogP contribution is 2.50. The number of hydrogen-bond donors (Lipinski definition) is 0. The van der Waals surface area contributed by atoms with Gasteiger partial charge in [0.1, 0.15) is 5.75 Å². The SMILES string of the molecule is COc1ccc([C@@H]2CC3=C(C)CC[C@H]3C(C)(C)O2)cc1. The lowest BCUT2D eigenvalue weighted by Crippen LogP contribution is -2.40. The van der Waals surface area contributed by atoms with Crippen LogP contribution < -0.4 is 4.74 Å². The quantitative estimate of drug-likeness (QED) is 0.729. The third-order valence-electron chi connectivity index (χ3n) is 4.95. The zero-order chi connectivity index (χ0) is 14.3. The van der Waals surface area contributed by atoms with E-state index >= 15 is 0 Å². The van der Waals surface area contributed by atoms with Gasteiger partial charge in [0.05, 0.1) is 18.8 Å². The van der Waals surface area contributed by atoms with Crippen LogP contribution in [0.3, 0.4) is 0 Å². The molecule has 2 heteroatoms. The minimum atomic E-state index is -0.0596. The molecule has 1 fully saturated rings. The molecule has 1 aliphatic carbocycles. The summed E-state index contributed by atoms with van der Waals surface area (Å²) < 4.78 is 11.7. The van der Waals surface area contributed by atoms with Crippen LogP contribution in [0.4, 0.5) is 0 Å². The zero-order valence-corrected chi connectivity index (χ0v) is 12.9. The van der Waals surface area contributed by atoms with Crippen LogP contribution in [-0.2, 0) is 4.74 Å². The van der Waals surface area contributed by atoms with Crippen molar-refractivity contribution < 1.29 is 9.47 Å². The molecular weight excluding hydrogens is 248 g/mol. The molecule has 0 amide bonds. The first-order chi connectivity index (χ1) is 9.51. The smallest absolute Gasteiger partial charge is 0.118 e. The molecule has 0 N–H and O–H groups in total. The second-order valence-electron chi connectivity index (χ2n) is 6.58. The topological polar surface area (TPSA) is 18.5 Å². The lowest BCUT2D eigenvalue weighted by atomic mass is 9.78. The highest BCUT2D eigenvalue weighted by molar-refractivity contribution is 5.33. The molecule has 1 saturated heterocycles. The Kier molecular flexibility index (Phi) is 3.37. The van der Waals surface area contributed by atoms with E-state index < -0.39 is 0 Å². The number of ether oxygens (including phenoxy) is 2. The van der Waals surface area contributed by atoms with Gasteiger partial charge >= 0.3 is 0 Å². The molecule has 108 valence electrons. The van der Waals surface area contributed by atoms with Crippen molar-refractivity contribution in [3.8, 4) is 5.75 Å². The summed E-state index contributed by atoms with van der Waals surface area (Å²) in [5.41, 5.74) is 4.42. The molecule has 1 aromatic rings. The highest BCUT2D eigenvalue weighted by atomic mass is 16.5. The molecule has 2 atom stereocenters. The maximum absolute atomic E-state index is 6.42. The van der Waals surface area contributed by atoms with Crippen molar-refractivity contribution in [2.24, 2.45) is 5.92 Å². The molecule has 0 bridgehead atoms. The second-order valence-corrected chi connectivity index (χ2v) is 6.58. The Hall–Kier alpha value is -1.28. The van der Waals surface area contributed by atoms with Gasteiger partial charge in [-0.15, -0.1) is 0 Å². The van der Waals surface area contributed by atoms with Gasteiger partial charge in [0.15, 0.2) is 0 Å². The van der Waals surface area contributed by atoms with E-state index in [2.05, 4.69) is 32.9 Å². The Morgan fingerprint density at radius 3 is 2.55 bits per heavy atom. The predicted molar refractivity (Wildman–Crippen MR) is 80.9 cm³/mol. The molecule has 2 nitrogen and oxygen atoms in total. The summed E-state index contributed by atoms with van der Waals surface area (Å²) in [6, 6.07) is 8.30. The molecule has 0 unspecified atom stereocenters. The average molecular weight is 272 g/mol. The van der Waals surface area contributed by atoms with Gasteiger partial charge < -0.3 is 9.47 Å². The van der Waals surface area contributed by atoms with Gasteiger partial charge in [0, 0.05) is 5.92 Å². The largest absolute Gasteiger partial charge is 0.497 e. The fourth-order valence-electron chi connectivity index (χ4n) is 3.77. The minimum absolute atomic E-state index is 0.0596. The maximum Gasteiger partial charge on any atom is 0.118 e. The average Bonchev–Trinajstić information content (AvgIpc) is 2.81. The molecule has 0 saturated carbocycles. The Labute approximate surface area is 121 Å². The van der Waals surface area contributed by atoms with Crippen molar-refractivity contribution in [3.05, 3.63) is 41.0 Å². The molecule has 2 aliphatic rings. The third kappa shape index (κ3) is 2.26. The molecule has 20 heavy (non-hydrogen) atoms. The van der Waals surface area contributed by atoms with Crippen LogP contribution in [0.2, 0.25) is 0 Å². The minimum Gasteiger partial charge on any atom is -0.497 e. The number of rotatable bonds is 2. The van der Waals surface area contributed by atoms with Crippen molar-refractivity contribution in [3.63, 3.8) is 0 Å². The van der Waals surface area contributed by atoms with Gasteiger partial charge in [-0.2, -0.15) is 0 Å². The Morgan fingerprint density at radius 2 is 1.90 bits per heavy atom. The Bertz CT molecular complexity index is 525. The molecule has 3 rings (SSSR count). The first-order valence-electron chi connectivity index (χ1n) is 7.51. The summed E-state index contributed by atoms with van der Waals surface area (Å²) in [6.45, 7) is 6.78. The van der Waals surface area contributed by atoms with Crippen LogP contribution in [0, 0.1) is 5.92 Å². The normalized spacial score (nSPS) is 28.4. The first-order valence-corrected chi connectivity index (χ1v) is 7.51. The highest BCUT2D eigenvalue weighted by Gasteiger charge is 2.43. The molecule has 1 aliphatic heterocycles. The van der Waals surface area contributed by atoms with Gasteiger partial charge in [-0.25, -0.2) is 0 Å². The zero-order valence-electron chi connectivity index (χ0n) is 12.9. The molecule has 0 radical (unpaired) electrons. The summed E-state index contributed by atoms with van der Waals surface area (Å²) >= 11 is 0. The van der Waals surface area contributed by atoms with Crippen molar-refractivity contribution in [2.75, 3.05) is 7.11 Å². The summed E-state index contributed by atoms with van der Waals surface area (Å²) in [4.78, 5) is 0.